The van der Waals surface area contributed by atoms with Crippen molar-refractivity contribution in [2.75, 3.05) is 19.6 Å². The van der Waals surface area contributed by atoms with Crippen molar-refractivity contribution >= 4 is 11.8 Å². The van der Waals surface area contributed by atoms with Crippen LogP contribution in [0.15, 0.2) is 18.6 Å². The van der Waals surface area contributed by atoms with Crippen LogP contribution in [0, 0.1) is 25.2 Å². The summed E-state index contributed by atoms with van der Waals surface area (Å²) >= 11 is 0. The van der Waals surface area contributed by atoms with Gasteiger partial charge in [-0.25, -0.2) is 4.98 Å². The van der Waals surface area contributed by atoms with Crippen molar-refractivity contribution in [1.29, 1.82) is 0 Å². The molecule has 1 aliphatic heterocycles. The zero-order valence-corrected chi connectivity index (χ0v) is 16.6. The summed E-state index contributed by atoms with van der Waals surface area (Å²) in [5, 5.41) is 9.91. The van der Waals surface area contributed by atoms with Gasteiger partial charge in [0.15, 0.2) is 0 Å². The fourth-order valence-electron chi connectivity index (χ4n) is 4.61. The molecule has 28 heavy (non-hydrogen) atoms. The lowest BCUT2D eigenvalue weighted by molar-refractivity contribution is -0.122. The highest BCUT2D eigenvalue weighted by Gasteiger charge is 2.47. The highest BCUT2D eigenvalue weighted by molar-refractivity contribution is 5.93. The molecule has 2 amide bonds. The summed E-state index contributed by atoms with van der Waals surface area (Å²) in [5.74, 6) is 1.11. The number of imidazole rings is 1. The number of H-pyrrole nitrogens is 1. The minimum absolute atomic E-state index is 0.00883. The van der Waals surface area contributed by atoms with Gasteiger partial charge < -0.3 is 14.8 Å². The summed E-state index contributed by atoms with van der Waals surface area (Å²) in [7, 11) is 0. The number of hydrogen-bond acceptors (Lipinski definition) is 4. The molecule has 2 aromatic heterocycles. The molecule has 1 saturated carbocycles. The number of aromatic amines is 1. The van der Waals surface area contributed by atoms with Crippen LogP contribution in [0.3, 0.4) is 0 Å². The number of rotatable bonds is 5. The van der Waals surface area contributed by atoms with Crippen LogP contribution in [0.25, 0.3) is 0 Å². The van der Waals surface area contributed by atoms with Crippen LogP contribution in [-0.4, -0.2) is 56.1 Å². The van der Waals surface area contributed by atoms with E-state index in [9.17, 15) is 9.59 Å². The van der Waals surface area contributed by atoms with Gasteiger partial charge in [-0.1, -0.05) is 6.42 Å². The smallest absolute Gasteiger partial charge is 0.272 e. The number of amides is 2. The van der Waals surface area contributed by atoms with Gasteiger partial charge in [-0.15, -0.1) is 0 Å². The standard InChI is InChI=1S/C20H28N6O2/c1-14-10-23-24-18(14)19(28)26-8-6-20(4-3-5-20)16(12-26)11-22-17(27)13-25-9-7-21-15(25)2/h7,9-10,16H,3-6,8,11-13H2,1-2H3,(H,22,27)(H,23,24). The van der Waals surface area contributed by atoms with Gasteiger partial charge in [0.2, 0.25) is 5.91 Å². The van der Waals surface area contributed by atoms with E-state index in [2.05, 4.69) is 20.5 Å². The molecule has 1 saturated heterocycles. The first kappa shape index (κ1) is 18.7. The Morgan fingerprint density at radius 1 is 1.32 bits per heavy atom. The SMILES string of the molecule is Cc1cn[nH]c1C(=O)N1CCC2(CCC2)C(CNC(=O)Cn2ccnc2C)C1. The third kappa shape index (κ3) is 3.43. The molecule has 8 heteroatoms. The molecule has 4 rings (SSSR count). The van der Waals surface area contributed by atoms with Crippen molar-refractivity contribution in [3.8, 4) is 0 Å². The lowest BCUT2D eigenvalue weighted by Gasteiger charge is -2.53. The van der Waals surface area contributed by atoms with E-state index >= 15 is 0 Å². The van der Waals surface area contributed by atoms with Crippen molar-refractivity contribution < 1.29 is 9.59 Å². The second-order valence-electron chi connectivity index (χ2n) is 8.25. The Morgan fingerprint density at radius 2 is 2.14 bits per heavy atom. The fraction of sp³-hybridized carbons (Fsp3) is 0.600. The highest BCUT2D eigenvalue weighted by Crippen LogP contribution is 2.52. The van der Waals surface area contributed by atoms with Gasteiger partial charge in [0.25, 0.3) is 5.91 Å². The molecule has 1 spiro atoms. The zero-order chi connectivity index (χ0) is 19.7. The largest absolute Gasteiger partial charge is 0.354 e. The molecule has 1 atom stereocenters. The van der Waals surface area contributed by atoms with E-state index in [0.29, 0.717) is 18.8 Å². The molecule has 2 N–H and O–H groups in total. The molecule has 150 valence electrons. The molecule has 1 aliphatic carbocycles. The van der Waals surface area contributed by atoms with Crippen molar-refractivity contribution in [2.24, 2.45) is 11.3 Å². The number of aryl methyl sites for hydroxylation is 2. The number of likely N-dealkylation sites (tertiary alicyclic amines) is 1. The third-order valence-corrected chi connectivity index (χ3v) is 6.65. The van der Waals surface area contributed by atoms with Gasteiger partial charge in [-0.05, 0) is 50.0 Å². The van der Waals surface area contributed by atoms with Crippen LogP contribution in [0.1, 0.15) is 47.6 Å². The first-order valence-corrected chi connectivity index (χ1v) is 10.0. The molecule has 2 aromatic rings. The maximum Gasteiger partial charge on any atom is 0.272 e. The molecule has 0 bridgehead atoms. The minimum Gasteiger partial charge on any atom is -0.354 e. The predicted molar refractivity (Wildman–Crippen MR) is 104 cm³/mol. The summed E-state index contributed by atoms with van der Waals surface area (Å²) in [6, 6.07) is 0. The summed E-state index contributed by atoms with van der Waals surface area (Å²) in [6.07, 6.45) is 9.84. The van der Waals surface area contributed by atoms with Crippen LogP contribution < -0.4 is 5.32 Å². The van der Waals surface area contributed by atoms with Crippen LogP contribution in [0.5, 0.6) is 0 Å². The monoisotopic (exact) mass is 384 g/mol. The van der Waals surface area contributed by atoms with E-state index in [1.807, 2.05) is 29.5 Å². The fourth-order valence-corrected chi connectivity index (χ4v) is 4.61. The average Bonchev–Trinajstić information content (AvgIpc) is 3.26. The highest BCUT2D eigenvalue weighted by atomic mass is 16.2. The Morgan fingerprint density at radius 3 is 2.75 bits per heavy atom. The van der Waals surface area contributed by atoms with E-state index in [4.69, 9.17) is 0 Å². The molecular formula is C20H28N6O2. The number of hydrogen-bond donors (Lipinski definition) is 2. The molecule has 2 aliphatic rings. The Kier molecular flexibility index (Phi) is 4.95. The van der Waals surface area contributed by atoms with E-state index in [1.165, 1.54) is 19.3 Å². The van der Waals surface area contributed by atoms with Crippen LogP contribution in [0.2, 0.25) is 0 Å². The molecular weight excluding hydrogens is 356 g/mol. The second-order valence-corrected chi connectivity index (χ2v) is 8.25. The van der Waals surface area contributed by atoms with E-state index in [-0.39, 0.29) is 29.7 Å². The summed E-state index contributed by atoms with van der Waals surface area (Å²) in [4.78, 5) is 31.4. The number of nitrogens with one attached hydrogen (secondary N) is 2. The quantitative estimate of drug-likeness (QED) is 0.820. The van der Waals surface area contributed by atoms with Crippen LogP contribution in [-0.2, 0) is 11.3 Å². The molecule has 0 radical (unpaired) electrons. The van der Waals surface area contributed by atoms with Gasteiger partial charge in [0.05, 0.1) is 6.20 Å². The molecule has 1 unspecified atom stereocenters. The molecule has 0 aromatic carbocycles. The van der Waals surface area contributed by atoms with Crippen LogP contribution >= 0.6 is 0 Å². The number of carbonyl (C=O) groups excluding carboxylic acids is 2. The second kappa shape index (κ2) is 7.41. The number of aromatic nitrogens is 4. The summed E-state index contributed by atoms with van der Waals surface area (Å²) < 4.78 is 1.84. The predicted octanol–water partition coefficient (Wildman–Crippen LogP) is 1.67. The topological polar surface area (TPSA) is 95.9 Å². The summed E-state index contributed by atoms with van der Waals surface area (Å²) in [5.41, 5.74) is 1.72. The molecule has 2 fully saturated rings. The Bertz CT molecular complexity index is 866. The van der Waals surface area contributed by atoms with Gasteiger partial charge in [-0.2, -0.15) is 5.10 Å². The van der Waals surface area contributed by atoms with Crippen molar-refractivity contribution in [3.05, 3.63) is 35.7 Å². The normalized spacial score (nSPS) is 20.8. The molecule has 3 heterocycles. The third-order valence-electron chi connectivity index (χ3n) is 6.65. The van der Waals surface area contributed by atoms with Gasteiger partial charge in [0, 0.05) is 32.0 Å². The Hall–Kier alpha value is -2.64. The number of nitrogens with zero attached hydrogens (tertiary/aromatic N) is 4. The lowest BCUT2D eigenvalue weighted by atomic mass is 9.57. The van der Waals surface area contributed by atoms with Crippen molar-refractivity contribution in [3.63, 3.8) is 0 Å². The van der Waals surface area contributed by atoms with Crippen LogP contribution in [0.4, 0.5) is 0 Å². The van der Waals surface area contributed by atoms with Crippen molar-refractivity contribution in [2.45, 2.75) is 46.1 Å². The van der Waals surface area contributed by atoms with E-state index < -0.39 is 0 Å². The maximum atomic E-state index is 12.9. The number of piperidine rings is 1. The zero-order valence-electron chi connectivity index (χ0n) is 16.6. The average molecular weight is 384 g/mol. The summed E-state index contributed by atoms with van der Waals surface area (Å²) in [6.45, 7) is 6.13. The van der Waals surface area contributed by atoms with E-state index in [1.54, 1.807) is 12.4 Å². The minimum atomic E-state index is -0.0107. The first-order valence-electron chi connectivity index (χ1n) is 10.0. The van der Waals surface area contributed by atoms with Gasteiger partial charge in [0.1, 0.15) is 18.1 Å². The lowest BCUT2D eigenvalue weighted by Crippen LogP contribution is -2.55. The van der Waals surface area contributed by atoms with Gasteiger partial charge >= 0.3 is 0 Å². The number of carbonyl (C=O) groups is 2. The van der Waals surface area contributed by atoms with E-state index in [0.717, 1.165) is 24.4 Å². The first-order chi connectivity index (χ1) is 13.5. The molecule has 8 nitrogen and oxygen atoms in total. The van der Waals surface area contributed by atoms with Crippen molar-refractivity contribution in [1.82, 2.24) is 30.0 Å². The maximum absolute atomic E-state index is 12.9. The Labute approximate surface area is 164 Å². The van der Waals surface area contributed by atoms with Gasteiger partial charge in [-0.3, -0.25) is 14.7 Å². The Balaban J connectivity index is 1.40.